The summed E-state index contributed by atoms with van der Waals surface area (Å²) in [7, 11) is 1.72. The number of benzene rings is 3. The number of anilines is 1. The molecule has 0 saturated carbocycles. The molecule has 0 aliphatic carbocycles. The van der Waals surface area contributed by atoms with Crippen LogP contribution in [0.25, 0.3) is 5.70 Å². The fourth-order valence-electron chi connectivity index (χ4n) is 5.34. The van der Waals surface area contributed by atoms with E-state index in [4.69, 9.17) is 16.3 Å². The lowest BCUT2D eigenvalue weighted by molar-refractivity contribution is -0.835. The normalized spacial score (nSPS) is 19.8. The highest BCUT2D eigenvalue weighted by molar-refractivity contribution is 8.03. The van der Waals surface area contributed by atoms with Gasteiger partial charge < -0.3 is 15.0 Å². The number of methoxy groups -OCH3 is 1. The third-order valence-electron chi connectivity index (χ3n) is 7.05. The molecule has 5 rings (SSSR count). The number of allylic oxidation sites excluding steroid dienone is 1. The number of nitrogens with zero attached hydrogens (tertiary/aromatic N) is 2. The highest BCUT2D eigenvalue weighted by atomic mass is 35.5. The van der Waals surface area contributed by atoms with Crippen molar-refractivity contribution in [1.82, 2.24) is 5.32 Å². The van der Waals surface area contributed by atoms with Crippen LogP contribution in [-0.2, 0) is 11.3 Å². The Labute approximate surface area is 222 Å². The van der Waals surface area contributed by atoms with Gasteiger partial charge in [0.2, 0.25) is 0 Å². The van der Waals surface area contributed by atoms with Gasteiger partial charge in [-0.05, 0) is 55.8 Å². The number of carbonyl (C=O) groups is 1. The number of thioether (sulfide) groups is 1. The van der Waals surface area contributed by atoms with E-state index in [0.29, 0.717) is 29.3 Å². The van der Waals surface area contributed by atoms with Crippen molar-refractivity contribution in [1.29, 1.82) is 0 Å². The van der Waals surface area contributed by atoms with E-state index in [0.717, 1.165) is 34.0 Å². The Kier molecular flexibility index (Phi) is 7.02. The Hall–Kier alpha value is -2.93. The van der Waals surface area contributed by atoms with Gasteiger partial charge in [-0.25, -0.2) is 0 Å². The average Bonchev–Trinajstić information content (AvgIpc) is 3.10. The molecular weight excluding hydrogens is 490 g/mol. The van der Waals surface area contributed by atoms with Crippen LogP contribution in [0.2, 0.25) is 5.02 Å². The van der Waals surface area contributed by atoms with Gasteiger partial charge in [0.05, 0.1) is 19.7 Å². The van der Waals surface area contributed by atoms with Crippen LogP contribution in [0.4, 0.5) is 5.69 Å². The van der Waals surface area contributed by atoms with Crippen molar-refractivity contribution in [3.05, 3.63) is 99.4 Å². The van der Waals surface area contributed by atoms with E-state index in [-0.39, 0.29) is 11.9 Å². The Morgan fingerprint density at radius 3 is 2.58 bits per heavy atom. The van der Waals surface area contributed by atoms with Gasteiger partial charge in [-0.1, -0.05) is 59.8 Å². The molecule has 36 heavy (non-hydrogen) atoms. The first-order chi connectivity index (χ1) is 17.4. The van der Waals surface area contributed by atoms with Crippen LogP contribution in [-0.4, -0.2) is 36.6 Å². The first-order valence-electron chi connectivity index (χ1n) is 12.1. The molecule has 0 unspecified atom stereocenters. The lowest BCUT2D eigenvalue weighted by atomic mass is 10.0. The maximum Gasteiger partial charge on any atom is 0.276 e. The van der Waals surface area contributed by atoms with Crippen molar-refractivity contribution in [2.45, 2.75) is 26.4 Å². The summed E-state index contributed by atoms with van der Waals surface area (Å²) in [4.78, 5) is 17.2. The number of rotatable bonds is 6. The molecule has 0 aromatic heterocycles. The fourth-order valence-corrected chi connectivity index (χ4v) is 6.65. The number of fused-ring (bicyclic) bond motifs is 3. The Bertz CT molecular complexity index is 1300. The number of carbonyl (C=O) groups excluding carboxylic acids is 1. The maximum atomic E-state index is 13.6. The lowest BCUT2D eigenvalue weighted by Crippen LogP contribution is -2.54. The third kappa shape index (κ3) is 4.73. The van der Waals surface area contributed by atoms with Gasteiger partial charge in [0.1, 0.15) is 11.6 Å². The fraction of sp³-hybridized carbons (Fsp3) is 0.276. The summed E-state index contributed by atoms with van der Waals surface area (Å²) >= 11 is 8.04. The summed E-state index contributed by atoms with van der Waals surface area (Å²) in [6.45, 7) is 5.93. The zero-order valence-electron chi connectivity index (χ0n) is 20.8. The molecule has 2 aliphatic heterocycles. The van der Waals surface area contributed by atoms with Crippen molar-refractivity contribution in [3.8, 4) is 5.75 Å². The predicted octanol–water partition coefficient (Wildman–Crippen LogP) is 6.41. The summed E-state index contributed by atoms with van der Waals surface area (Å²) in [6.07, 6.45) is 0. The van der Waals surface area contributed by atoms with Crippen molar-refractivity contribution >= 4 is 40.7 Å². The largest absolute Gasteiger partial charge is 0.496 e. The van der Waals surface area contributed by atoms with Crippen LogP contribution in [0, 0.1) is 0 Å². The Morgan fingerprint density at radius 2 is 1.86 bits per heavy atom. The maximum absolute atomic E-state index is 13.6. The molecule has 1 N–H and O–H groups in total. The molecule has 0 radical (unpaired) electrons. The summed E-state index contributed by atoms with van der Waals surface area (Å²) in [6, 6.07) is 24.2. The van der Waals surface area contributed by atoms with Crippen LogP contribution >= 0.6 is 23.4 Å². The van der Waals surface area contributed by atoms with E-state index in [9.17, 15) is 4.79 Å². The molecule has 1 amide bonds. The summed E-state index contributed by atoms with van der Waals surface area (Å²) in [5.41, 5.74) is 5.69. The standard InChI is InChI=1S/C29H30ClN3O2S/c1-20(22-8-5-4-6-9-22)31-28(34)17-33-18-32(24-14-12-23(30)13-15-24)16-26-25(10-7-11-27(26)35-3)29(33)21(2)36-19-33/h4-15,20H,16-19H2,1-3H3/p+1/t20-,33+/m1/s1. The van der Waals surface area contributed by atoms with E-state index in [1.54, 1.807) is 7.11 Å². The molecule has 186 valence electrons. The van der Waals surface area contributed by atoms with Crippen LogP contribution < -0.4 is 15.0 Å². The molecule has 3 aromatic rings. The first-order valence-corrected chi connectivity index (χ1v) is 13.5. The SMILES string of the molecule is COc1cccc2c1CN(c1ccc(Cl)cc1)C[N@@+]1(CC(=O)N[C@H](C)c3ccccc3)CSC(C)=C21. The number of hydrogen-bond donors (Lipinski definition) is 1. The molecule has 0 spiro atoms. The number of amides is 1. The summed E-state index contributed by atoms with van der Waals surface area (Å²) in [5, 5.41) is 3.95. The van der Waals surface area contributed by atoms with Crippen molar-refractivity contribution in [3.63, 3.8) is 0 Å². The highest BCUT2D eigenvalue weighted by Crippen LogP contribution is 2.48. The summed E-state index contributed by atoms with van der Waals surface area (Å²) < 4.78 is 6.36. The minimum Gasteiger partial charge on any atom is -0.496 e. The Balaban J connectivity index is 1.55. The van der Waals surface area contributed by atoms with Gasteiger partial charge in [0, 0.05) is 26.7 Å². The molecule has 0 fully saturated rings. The zero-order valence-corrected chi connectivity index (χ0v) is 22.4. The Morgan fingerprint density at radius 1 is 1.11 bits per heavy atom. The second kappa shape index (κ2) is 10.2. The smallest absolute Gasteiger partial charge is 0.276 e. The van der Waals surface area contributed by atoms with Crippen molar-refractivity contribution in [2.24, 2.45) is 0 Å². The van der Waals surface area contributed by atoms with Gasteiger partial charge in [0.15, 0.2) is 18.9 Å². The quantitative estimate of drug-likeness (QED) is 0.381. The van der Waals surface area contributed by atoms with Crippen LogP contribution in [0.1, 0.15) is 36.6 Å². The number of quaternary nitrogens is 1. The van der Waals surface area contributed by atoms with E-state index >= 15 is 0 Å². The van der Waals surface area contributed by atoms with E-state index < -0.39 is 0 Å². The average molecular weight is 521 g/mol. The predicted molar refractivity (Wildman–Crippen MR) is 149 cm³/mol. The number of halogens is 1. The van der Waals surface area contributed by atoms with Gasteiger partial charge in [-0.15, -0.1) is 0 Å². The van der Waals surface area contributed by atoms with E-state index in [2.05, 4.69) is 47.5 Å². The lowest BCUT2D eigenvalue weighted by Gasteiger charge is -2.38. The van der Waals surface area contributed by atoms with Crippen molar-refractivity contribution in [2.75, 3.05) is 31.1 Å². The topological polar surface area (TPSA) is 41.6 Å². The van der Waals surface area contributed by atoms with Crippen LogP contribution in [0.15, 0.2) is 77.7 Å². The second-order valence-corrected chi connectivity index (χ2v) is 11.1. The van der Waals surface area contributed by atoms with Gasteiger partial charge in [0.25, 0.3) is 5.91 Å². The van der Waals surface area contributed by atoms with Gasteiger partial charge >= 0.3 is 0 Å². The van der Waals surface area contributed by atoms with Crippen LogP contribution in [0.3, 0.4) is 0 Å². The second-order valence-electron chi connectivity index (χ2n) is 9.48. The van der Waals surface area contributed by atoms with E-state index in [1.807, 2.05) is 61.2 Å². The van der Waals surface area contributed by atoms with E-state index in [1.165, 1.54) is 10.6 Å². The molecule has 2 heterocycles. The molecule has 2 atom stereocenters. The zero-order chi connectivity index (χ0) is 25.3. The molecule has 0 saturated heterocycles. The van der Waals surface area contributed by atoms with Crippen LogP contribution in [0.5, 0.6) is 5.75 Å². The third-order valence-corrected chi connectivity index (χ3v) is 8.55. The first kappa shape index (κ1) is 24.8. The minimum absolute atomic E-state index is 0.0431. The summed E-state index contributed by atoms with van der Waals surface area (Å²) in [5.74, 6) is 1.71. The van der Waals surface area contributed by atoms with Gasteiger partial charge in [-0.2, -0.15) is 0 Å². The van der Waals surface area contributed by atoms with Gasteiger partial charge in [-0.3, -0.25) is 9.28 Å². The highest BCUT2D eigenvalue weighted by Gasteiger charge is 2.47. The minimum atomic E-state index is -0.0626. The molecule has 2 aliphatic rings. The molecular formula is C29H31ClN3O2S+. The molecule has 0 bridgehead atoms. The molecule has 3 aromatic carbocycles. The van der Waals surface area contributed by atoms with Crippen molar-refractivity contribution < 1.29 is 14.0 Å². The molecule has 7 heteroatoms. The number of ether oxygens (including phenoxy) is 1. The number of hydrogen-bond acceptors (Lipinski definition) is 4. The molecule has 5 nitrogen and oxygen atoms in total. The number of nitrogens with one attached hydrogen (secondary N) is 1. The monoisotopic (exact) mass is 520 g/mol.